The number of hydrogen-bond donors (Lipinski definition) is 2. The van der Waals surface area contributed by atoms with Gasteiger partial charge in [0.2, 0.25) is 0 Å². The van der Waals surface area contributed by atoms with Gasteiger partial charge in [0.15, 0.2) is 12.1 Å². The Kier molecular flexibility index (Phi) is 18.3. The first-order chi connectivity index (χ1) is 16.7. The summed E-state index contributed by atoms with van der Waals surface area (Å²) in [5.41, 5.74) is 0. The molecule has 2 N–H and O–H groups in total. The van der Waals surface area contributed by atoms with Crippen LogP contribution < -0.4 is 5.11 Å². The minimum atomic E-state index is -1.36. The van der Waals surface area contributed by atoms with Gasteiger partial charge in [-0.1, -0.05) is 84.8 Å². The molecule has 0 heterocycles. The van der Waals surface area contributed by atoms with E-state index in [4.69, 9.17) is 0 Å². The Balaban J connectivity index is 5.84. The van der Waals surface area contributed by atoms with Crippen LogP contribution in [0.15, 0.2) is 12.2 Å². The predicted molar refractivity (Wildman–Crippen MR) is 138 cm³/mol. The molecule has 0 aliphatic heterocycles. The van der Waals surface area contributed by atoms with Crippen molar-refractivity contribution in [3.8, 4) is 0 Å². The zero-order valence-corrected chi connectivity index (χ0v) is 22.7. The van der Waals surface area contributed by atoms with E-state index in [0.29, 0.717) is 25.7 Å². The summed E-state index contributed by atoms with van der Waals surface area (Å²) in [7, 11) is 0. The first-order valence-electron chi connectivity index (χ1n) is 13.9. The first-order valence-corrected chi connectivity index (χ1v) is 13.9. The molecule has 0 spiro atoms. The molecular weight excluding hydrogens is 446 g/mol. The highest BCUT2D eigenvalue weighted by molar-refractivity contribution is 5.77. The van der Waals surface area contributed by atoms with Gasteiger partial charge in [-0.2, -0.15) is 0 Å². The number of aliphatic carboxylic acids is 3. The summed E-state index contributed by atoms with van der Waals surface area (Å²) in [5, 5.41) is 32.7. The number of quaternary nitrogens is 1. The molecule has 0 aromatic heterocycles. The quantitative estimate of drug-likeness (QED) is 0.112. The lowest BCUT2D eigenvalue weighted by Gasteiger charge is -2.52. The summed E-state index contributed by atoms with van der Waals surface area (Å²) in [6.07, 6.45) is 16.1. The van der Waals surface area contributed by atoms with Crippen LogP contribution in [0.5, 0.6) is 0 Å². The van der Waals surface area contributed by atoms with Crippen LogP contribution in [-0.4, -0.2) is 57.3 Å². The van der Waals surface area contributed by atoms with Crippen molar-refractivity contribution in [3.05, 3.63) is 12.2 Å². The molecule has 7 heteroatoms. The van der Waals surface area contributed by atoms with E-state index in [1.807, 2.05) is 26.8 Å². The molecule has 0 rings (SSSR count). The Morgan fingerprint density at radius 2 is 1.09 bits per heavy atom. The summed E-state index contributed by atoms with van der Waals surface area (Å²) < 4.78 is -0.482. The van der Waals surface area contributed by atoms with Crippen molar-refractivity contribution in [3.63, 3.8) is 0 Å². The molecule has 204 valence electrons. The van der Waals surface area contributed by atoms with Crippen LogP contribution in [0.1, 0.15) is 124 Å². The second kappa shape index (κ2) is 19.3. The number of carboxylic acid groups (broad SMARTS) is 3. The second-order valence-corrected chi connectivity index (χ2v) is 9.80. The van der Waals surface area contributed by atoms with Gasteiger partial charge in [-0.25, -0.2) is 9.59 Å². The van der Waals surface area contributed by atoms with Gasteiger partial charge < -0.3 is 20.1 Å². The number of carbonyl (C=O) groups is 3. The monoisotopic (exact) mass is 497 g/mol. The van der Waals surface area contributed by atoms with E-state index in [2.05, 4.69) is 13.0 Å². The molecule has 35 heavy (non-hydrogen) atoms. The summed E-state index contributed by atoms with van der Waals surface area (Å²) in [4.78, 5) is 37.3. The molecule has 0 radical (unpaired) electrons. The fraction of sp³-hybridized carbons (Fsp3) is 0.821. The van der Waals surface area contributed by atoms with Gasteiger partial charge in [0.1, 0.15) is 6.04 Å². The minimum absolute atomic E-state index is 0.153. The highest BCUT2D eigenvalue weighted by Gasteiger charge is 2.54. The van der Waals surface area contributed by atoms with Crippen LogP contribution in [0.4, 0.5) is 0 Å². The average molecular weight is 498 g/mol. The topological polar surface area (TPSA) is 115 Å². The third-order valence-corrected chi connectivity index (χ3v) is 7.09. The average Bonchev–Trinajstić information content (AvgIpc) is 2.81. The van der Waals surface area contributed by atoms with Crippen LogP contribution in [0, 0.1) is 0 Å². The van der Waals surface area contributed by atoms with Crippen LogP contribution in [0.25, 0.3) is 0 Å². The fourth-order valence-corrected chi connectivity index (χ4v) is 5.39. The van der Waals surface area contributed by atoms with E-state index < -0.39 is 40.5 Å². The fourth-order valence-electron chi connectivity index (χ4n) is 5.39. The smallest absolute Gasteiger partial charge is 0.362 e. The Morgan fingerprint density at radius 1 is 0.657 bits per heavy atom. The van der Waals surface area contributed by atoms with Gasteiger partial charge in [-0.05, 0) is 25.7 Å². The molecule has 0 saturated carbocycles. The van der Waals surface area contributed by atoms with E-state index in [1.165, 1.54) is 38.5 Å². The highest BCUT2D eigenvalue weighted by Crippen LogP contribution is 2.33. The highest BCUT2D eigenvalue weighted by atomic mass is 16.4. The maximum atomic E-state index is 12.5. The molecule has 0 aromatic carbocycles. The van der Waals surface area contributed by atoms with E-state index in [1.54, 1.807) is 0 Å². The number of unbranched alkanes of at least 4 members (excludes halogenated alkanes) is 7. The normalized spacial score (nSPS) is 16.0. The zero-order chi connectivity index (χ0) is 26.7. The Hall–Kier alpha value is -1.89. The molecule has 0 aromatic rings. The Morgan fingerprint density at radius 3 is 1.51 bits per heavy atom. The lowest BCUT2D eigenvalue weighted by molar-refractivity contribution is -0.974. The maximum Gasteiger partial charge on any atom is 0.362 e. The number of nitrogens with zero attached hydrogens (tertiary/aromatic N) is 1. The summed E-state index contributed by atoms with van der Waals surface area (Å²) in [6.45, 7) is 7.88. The van der Waals surface area contributed by atoms with Crippen molar-refractivity contribution in [2.45, 2.75) is 142 Å². The van der Waals surface area contributed by atoms with E-state index >= 15 is 0 Å². The third kappa shape index (κ3) is 11.1. The van der Waals surface area contributed by atoms with Crippen molar-refractivity contribution in [1.29, 1.82) is 0 Å². The SMILES string of the molecule is CCCCCCCCC/C=C/CC[N+](C(CCC)C(=O)[O-])(C(CCC)C(=O)O)C(CCC)C(=O)O. The summed E-state index contributed by atoms with van der Waals surface area (Å²) >= 11 is 0. The van der Waals surface area contributed by atoms with Gasteiger partial charge in [-0.3, -0.25) is 4.48 Å². The molecule has 0 aliphatic carbocycles. The molecule has 3 atom stereocenters. The molecule has 0 bridgehead atoms. The van der Waals surface area contributed by atoms with Gasteiger partial charge >= 0.3 is 11.9 Å². The molecule has 0 saturated heterocycles. The number of allylic oxidation sites excluding steroid dienone is 1. The molecule has 7 nitrogen and oxygen atoms in total. The van der Waals surface area contributed by atoms with Gasteiger partial charge in [-0.15, -0.1) is 0 Å². The Labute approximate surface area is 213 Å². The number of hydrogen-bond acceptors (Lipinski definition) is 4. The second-order valence-electron chi connectivity index (χ2n) is 9.80. The standard InChI is InChI=1S/C28H51NO6/c1-5-9-10-11-12-13-14-15-16-17-18-22-29(23(19-6-2)26(30)31,24(20-7-3)27(32)33)25(21-8-4)28(34)35/h16-17,23-25H,5-15,18-22H2,1-4H3,(H2-,30,31,32,33,34,35)/b17-16+. The molecule has 0 amide bonds. The lowest BCUT2D eigenvalue weighted by Crippen LogP contribution is -2.74. The minimum Gasteiger partial charge on any atom is -0.544 e. The van der Waals surface area contributed by atoms with Crippen molar-refractivity contribution >= 4 is 17.9 Å². The molecule has 0 fully saturated rings. The molecule has 0 aliphatic rings. The van der Waals surface area contributed by atoms with E-state index in [-0.39, 0.29) is 25.8 Å². The van der Waals surface area contributed by atoms with Crippen LogP contribution in [0.3, 0.4) is 0 Å². The van der Waals surface area contributed by atoms with Crippen LogP contribution >= 0.6 is 0 Å². The largest absolute Gasteiger partial charge is 0.544 e. The maximum absolute atomic E-state index is 12.5. The number of carbonyl (C=O) groups excluding carboxylic acids is 1. The molecule has 3 unspecified atom stereocenters. The first kappa shape index (κ1) is 33.1. The van der Waals surface area contributed by atoms with Gasteiger partial charge in [0.05, 0.1) is 12.5 Å². The number of carboxylic acids is 3. The van der Waals surface area contributed by atoms with Crippen LogP contribution in [0.2, 0.25) is 0 Å². The van der Waals surface area contributed by atoms with E-state index in [0.717, 1.165) is 12.8 Å². The van der Waals surface area contributed by atoms with Gasteiger partial charge in [0.25, 0.3) is 0 Å². The third-order valence-electron chi connectivity index (χ3n) is 7.09. The van der Waals surface area contributed by atoms with Crippen molar-refractivity contribution in [1.82, 2.24) is 0 Å². The van der Waals surface area contributed by atoms with Crippen LogP contribution in [-0.2, 0) is 14.4 Å². The van der Waals surface area contributed by atoms with Crippen molar-refractivity contribution in [2.75, 3.05) is 6.54 Å². The lowest BCUT2D eigenvalue weighted by atomic mass is 9.91. The summed E-state index contributed by atoms with van der Waals surface area (Å²) in [6, 6.07) is -3.41. The number of rotatable bonds is 23. The zero-order valence-electron chi connectivity index (χ0n) is 22.7. The molecular formula is C28H51NO6. The van der Waals surface area contributed by atoms with E-state index in [9.17, 15) is 29.7 Å². The van der Waals surface area contributed by atoms with Gasteiger partial charge in [0, 0.05) is 25.7 Å². The predicted octanol–water partition coefficient (Wildman–Crippen LogP) is 5.32. The van der Waals surface area contributed by atoms with Crippen molar-refractivity contribution in [2.24, 2.45) is 0 Å². The Bertz CT molecular complexity index is 573. The summed E-state index contributed by atoms with van der Waals surface area (Å²) in [5.74, 6) is -3.63. The van der Waals surface area contributed by atoms with Crippen molar-refractivity contribution < 1.29 is 34.2 Å².